The summed E-state index contributed by atoms with van der Waals surface area (Å²) in [6.45, 7) is 2.86. The van der Waals surface area contributed by atoms with Crippen molar-refractivity contribution in [1.29, 1.82) is 0 Å². The van der Waals surface area contributed by atoms with Crippen LogP contribution in [0.2, 0.25) is 0 Å². The van der Waals surface area contributed by atoms with Crippen LogP contribution in [-0.4, -0.2) is 19.2 Å². The zero-order valence-corrected chi connectivity index (χ0v) is 8.56. The fourth-order valence-corrected chi connectivity index (χ4v) is 0.992. The lowest BCUT2D eigenvalue weighted by atomic mass is 10.3. The van der Waals surface area contributed by atoms with Crippen LogP contribution >= 0.6 is 0 Å². The van der Waals surface area contributed by atoms with Crippen molar-refractivity contribution in [3.05, 3.63) is 24.3 Å². The van der Waals surface area contributed by atoms with Gasteiger partial charge in [-0.25, -0.2) is 0 Å². The Bertz CT molecular complexity index is 297. The maximum absolute atomic E-state index is 9.26. The van der Waals surface area contributed by atoms with E-state index in [4.69, 9.17) is 9.47 Å². The van der Waals surface area contributed by atoms with Crippen LogP contribution in [0.25, 0.3) is 0 Å². The Morgan fingerprint density at radius 1 is 1.27 bits per heavy atom. The lowest BCUT2D eigenvalue weighted by molar-refractivity contribution is -0.305. The number of carbonyl (C=O) groups excluding carboxylic acids is 1. The normalized spacial score (nSPS) is 12.3. The highest BCUT2D eigenvalue weighted by Gasteiger charge is 2.07. The van der Waals surface area contributed by atoms with Gasteiger partial charge in [-0.1, -0.05) is 19.1 Å². The summed E-state index contributed by atoms with van der Waals surface area (Å²) < 4.78 is 10.6. The van der Waals surface area contributed by atoms with Gasteiger partial charge in [0.15, 0.2) is 11.5 Å². The summed E-state index contributed by atoms with van der Waals surface area (Å²) in [6.07, 6.45) is 0.111. The molecule has 0 saturated carbocycles. The number of hydrogen-bond acceptors (Lipinski definition) is 4. The number of aliphatic carboxylic acids is 1. The van der Waals surface area contributed by atoms with Crippen molar-refractivity contribution in [2.75, 3.05) is 13.2 Å². The zero-order valence-electron chi connectivity index (χ0n) is 8.56. The van der Waals surface area contributed by atoms with Gasteiger partial charge in [-0.15, -0.1) is 0 Å². The topological polar surface area (TPSA) is 58.6 Å². The summed E-state index contributed by atoms with van der Waals surface area (Å²) in [6, 6.07) is 7.70. The summed E-state index contributed by atoms with van der Waals surface area (Å²) in [5.74, 6) is 0.715. The smallest absolute Gasteiger partial charge is 0.161 e. The SMILES string of the molecule is CCC(=O)[O-].c1ccc2c(c1)OCCO2. The molecule has 0 bridgehead atoms. The van der Waals surface area contributed by atoms with Crippen LogP contribution in [0, 0.1) is 0 Å². The van der Waals surface area contributed by atoms with Gasteiger partial charge in [0.1, 0.15) is 13.2 Å². The molecule has 0 unspecified atom stereocenters. The number of rotatable bonds is 1. The van der Waals surface area contributed by atoms with Crippen molar-refractivity contribution in [3.63, 3.8) is 0 Å². The van der Waals surface area contributed by atoms with Crippen LogP contribution in [0.4, 0.5) is 0 Å². The summed E-state index contributed by atoms with van der Waals surface area (Å²) >= 11 is 0. The van der Waals surface area contributed by atoms with E-state index >= 15 is 0 Å². The van der Waals surface area contributed by atoms with Crippen LogP contribution in [0.5, 0.6) is 11.5 Å². The first-order valence-electron chi connectivity index (χ1n) is 4.78. The molecule has 0 amide bonds. The van der Waals surface area contributed by atoms with Crippen molar-refractivity contribution < 1.29 is 19.4 Å². The molecule has 0 radical (unpaired) electrons. The fraction of sp³-hybridized carbons (Fsp3) is 0.364. The highest BCUT2D eigenvalue weighted by Crippen LogP contribution is 2.28. The minimum atomic E-state index is -0.995. The van der Waals surface area contributed by atoms with Crippen LogP contribution in [0.3, 0.4) is 0 Å². The Morgan fingerprint density at radius 2 is 1.67 bits per heavy atom. The van der Waals surface area contributed by atoms with Gasteiger partial charge in [0.05, 0.1) is 0 Å². The third kappa shape index (κ3) is 3.89. The van der Waals surface area contributed by atoms with E-state index in [1.807, 2.05) is 24.3 Å². The van der Waals surface area contributed by atoms with Gasteiger partial charge in [-0.05, 0) is 18.6 Å². The molecule has 0 spiro atoms. The average Bonchev–Trinajstić information content (AvgIpc) is 2.30. The van der Waals surface area contributed by atoms with E-state index in [9.17, 15) is 9.90 Å². The maximum Gasteiger partial charge on any atom is 0.161 e. The molecule has 1 aliphatic heterocycles. The molecule has 4 heteroatoms. The number of fused-ring (bicyclic) bond motifs is 1. The minimum Gasteiger partial charge on any atom is -0.550 e. The predicted molar refractivity (Wildman–Crippen MR) is 52.7 cm³/mol. The monoisotopic (exact) mass is 209 g/mol. The fourth-order valence-electron chi connectivity index (χ4n) is 0.992. The lowest BCUT2D eigenvalue weighted by Gasteiger charge is -2.17. The summed E-state index contributed by atoms with van der Waals surface area (Å²) in [4.78, 5) is 9.26. The molecule has 0 atom stereocenters. The Kier molecular flexibility index (Phi) is 4.47. The molecule has 1 aromatic carbocycles. The third-order valence-electron chi connectivity index (χ3n) is 1.74. The Hall–Kier alpha value is -1.71. The van der Waals surface area contributed by atoms with E-state index in [1.54, 1.807) is 0 Å². The molecule has 0 fully saturated rings. The Balaban J connectivity index is 0.000000195. The average molecular weight is 209 g/mol. The molecule has 0 N–H and O–H groups in total. The second-order valence-corrected chi connectivity index (χ2v) is 2.87. The maximum atomic E-state index is 9.26. The number of para-hydroxylation sites is 2. The largest absolute Gasteiger partial charge is 0.550 e. The van der Waals surface area contributed by atoms with Gasteiger partial charge in [0.25, 0.3) is 0 Å². The van der Waals surface area contributed by atoms with Crippen molar-refractivity contribution in [2.24, 2.45) is 0 Å². The first-order valence-corrected chi connectivity index (χ1v) is 4.78. The Morgan fingerprint density at radius 3 is 2.00 bits per heavy atom. The quantitative estimate of drug-likeness (QED) is 0.679. The highest BCUT2D eigenvalue weighted by molar-refractivity contribution is 5.63. The van der Waals surface area contributed by atoms with E-state index in [0.29, 0.717) is 13.2 Å². The minimum absolute atomic E-state index is 0.111. The number of benzene rings is 1. The Labute approximate surface area is 88.4 Å². The second-order valence-electron chi connectivity index (χ2n) is 2.87. The van der Waals surface area contributed by atoms with E-state index in [2.05, 4.69) is 0 Å². The molecule has 82 valence electrons. The zero-order chi connectivity index (χ0) is 11.1. The molecule has 1 aromatic rings. The van der Waals surface area contributed by atoms with Crippen molar-refractivity contribution in [3.8, 4) is 11.5 Å². The van der Waals surface area contributed by atoms with E-state index in [0.717, 1.165) is 11.5 Å². The van der Waals surface area contributed by atoms with Gasteiger partial charge in [-0.2, -0.15) is 0 Å². The number of carbonyl (C=O) groups is 1. The van der Waals surface area contributed by atoms with Crippen molar-refractivity contribution in [2.45, 2.75) is 13.3 Å². The lowest BCUT2D eigenvalue weighted by Crippen LogP contribution is -2.19. The third-order valence-corrected chi connectivity index (χ3v) is 1.74. The number of carboxylic acid groups (broad SMARTS) is 1. The second kappa shape index (κ2) is 5.90. The van der Waals surface area contributed by atoms with Crippen LogP contribution < -0.4 is 14.6 Å². The number of carboxylic acids is 1. The molecule has 15 heavy (non-hydrogen) atoms. The standard InChI is InChI=1S/C8H8O2.C3H6O2/c1-2-4-8-7(3-1)9-5-6-10-8;1-2-3(4)5/h1-4H,5-6H2;2H2,1H3,(H,4,5)/p-1. The molecule has 2 rings (SSSR count). The molecular weight excluding hydrogens is 196 g/mol. The van der Waals surface area contributed by atoms with E-state index in [-0.39, 0.29) is 6.42 Å². The summed E-state index contributed by atoms with van der Waals surface area (Å²) in [5.41, 5.74) is 0. The summed E-state index contributed by atoms with van der Waals surface area (Å²) in [5, 5.41) is 9.26. The summed E-state index contributed by atoms with van der Waals surface area (Å²) in [7, 11) is 0. The van der Waals surface area contributed by atoms with Gasteiger partial charge in [-0.3, -0.25) is 0 Å². The molecule has 1 heterocycles. The molecule has 0 aliphatic carbocycles. The molecular formula is C11H13O4-. The number of ether oxygens (including phenoxy) is 2. The van der Waals surface area contributed by atoms with Gasteiger partial charge < -0.3 is 19.4 Å². The van der Waals surface area contributed by atoms with Crippen LogP contribution in [0.15, 0.2) is 24.3 Å². The predicted octanol–water partition coefficient (Wildman–Crippen LogP) is 0.604. The van der Waals surface area contributed by atoms with Gasteiger partial charge in [0, 0.05) is 5.97 Å². The van der Waals surface area contributed by atoms with Gasteiger partial charge >= 0.3 is 0 Å². The highest BCUT2D eigenvalue weighted by atomic mass is 16.6. The van der Waals surface area contributed by atoms with Gasteiger partial charge in [0.2, 0.25) is 0 Å². The van der Waals surface area contributed by atoms with E-state index in [1.165, 1.54) is 6.92 Å². The molecule has 0 aromatic heterocycles. The first-order chi connectivity index (χ1) is 7.24. The van der Waals surface area contributed by atoms with Crippen LogP contribution in [-0.2, 0) is 4.79 Å². The van der Waals surface area contributed by atoms with E-state index < -0.39 is 5.97 Å². The van der Waals surface area contributed by atoms with Crippen LogP contribution in [0.1, 0.15) is 13.3 Å². The van der Waals surface area contributed by atoms with Crippen molar-refractivity contribution >= 4 is 5.97 Å². The first kappa shape index (κ1) is 11.4. The van der Waals surface area contributed by atoms with Crippen molar-refractivity contribution in [1.82, 2.24) is 0 Å². The molecule has 4 nitrogen and oxygen atoms in total. The molecule has 0 saturated heterocycles. The number of hydrogen-bond donors (Lipinski definition) is 0. The molecule has 1 aliphatic rings.